The molecule has 1 aromatic carbocycles. The Hall–Kier alpha value is -5.97. The SMILES string of the molecule is Cn1c(=O)n(C2CCC(=O)NC2=O)c2cccc(C#CCOC3CCN(CC4CCC(n5cc(NC(=O)c6cnn7ccc(N8CCCOCC8)nc67)c(C(F)F)n5)CC4)CC3)c21. The van der Waals surface area contributed by atoms with E-state index < -0.39 is 30.0 Å². The van der Waals surface area contributed by atoms with E-state index in [9.17, 15) is 28.0 Å². The first kappa shape index (κ1) is 42.3. The van der Waals surface area contributed by atoms with Gasteiger partial charge in [0.1, 0.15) is 24.0 Å². The van der Waals surface area contributed by atoms with Gasteiger partial charge in [0.2, 0.25) is 11.8 Å². The number of aryl methyl sites for hydroxylation is 1. The van der Waals surface area contributed by atoms with E-state index >= 15 is 0 Å². The number of piperidine rings is 2. The molecule has 0 radical (unpaired) electrons. The molecule has 4 aliphatic rings. The molecule has 0 spiro atoms. The zero-order valence-corrected chi connectivity index (χ0v) is 35.2. The van der Waals surface area contributed by atoms with Crippen LogP contribution in [0.5, 0.6) is 0 Å². The van der Waals surface area contributed by atoms with Crippen LogP contribution in [0, 0.1) is 17.8 Å². The lowest BCUT2D eigenvalue weighted by molar-refractivity contribution is -0.135. The van der Waals surface area contributed by atoms with Crippen molar-refractivity contribution in [3.8, 4) is 11.8 Å². The van der Waals surface area contributed by atoms with Crippen LogP contribution in [-0.4, -0.2) is 115 Å². The average Bonchev–Trinajstić information content (AvgIpc) is 3.89. The van der Waals surface area contributed by atoms with Crippen molar-refractivity contribution in [2.45, 2.75) is 82.4 Å². The minimum absolute atomic E-state index is 0.0144. The maximum atomic E-state index is 14.3. The standard InChI is InChI=1S/C44H51F2N11O6/c1-52-39-29(5-2-7-34(39)57(44(52)61)35-12-13-37(58)50-43(35)60)6-3-23-63-31-14-18-53(19-15-31)26-28-8-10-30(11-9-28)56-27-33(38(51-56)40(45)46)48-42(59)32-25-47-55-20-16-36(49-41(32)55)54-17-4-22-62-24-21-54/h2,5,7,16,20,25,27-28,30-31,35,40H,4,8-15,17-19,21-24,26H2,1H3,(H,48,59)(H,50,58,60). The first-order valence-corrected chi connectivity index (χ1v) is 21.8. The van der Waals surface area contributed by atoms with Gasteiger partial charge in [0.05, 0.1) is 47.2 Å². The van der Waals surface area contributed by atoms with Gasteiger partial charge >= 0.3 is 5.69 Å². The van der Waals surface area contributed by atoms with Gasteiger partial charge in [-0.25, -0.2) is 23.1 Å². The molecule has 9 rings (SSSR count). The second kappa shape index (κ2) is 18.4. The fraction of sp³-hybridized carbons (Fsp3) is 0.523. The molecule has 17 nitrogen and oxygen atoms in total. The number of likely N-dealkylation sites (tertiary alicyclic amines) is 1. The van der Waals surface area contributed by atoms with E-state index in [4.69, 9.17) is 14.5 Å². The molecular weight excluding hydrogens is 817 g/mol. The number of imide groups is 1. The quantitative estimate of drug-likeness (QED) is 0.152. The zero-order chi connectivity index (χ0) is 43.6. The van der Waals surface area contributed by atoms with Crippen LogP contribution in [-0.2, 0) is 26.1 Å². The van der Waals surface area contributed by atoms with Crippen LogP contribution in [0.4, 0.5) is 20.3 Å². The summed E-state index contributed by atoms with van der Waals surface area (Å²) in [4.78, 5) is 60.3. The molecular formula is C44H51F2N11O6. The number of imidazole rings is 1. The van der Waals surface area contributed by atoms with Crippen molar-refractivity contribution in [3.05, 3.63) is 70.2 Å². The molecule has 4 aromatic heterocycles. The Kier molecular flexibility index (Phi) is 12.4. The van der Waals surface area contributed by atoms with E-state index in [1.54, 1.807) is 24.0 Å². The number of carbonyl (C=O) groups is 3. The number of ether oxygens (including phenoxy) is 2. The summed E-state index contributed by atoms with van der Waals surface area (Å²) in [6.07, 6.45) is 8.43. The number of nitrogens with one attached hydrogen (secondary N) is 2. The molecule has 3 amide bonds. The van der Waals surface area contributed by atoms with Gasteiger partial charge < -0.3 is 24.6 Å². The van der Waals surface area contributed by atoms with Crippen molar-refractivity contribution in [2.24, 2.45) is 13.0 Å². The number of hydrogen-bond acceptors (Lipinski definition) is 11. The summed E-state index contributed by atoms with van der Waals surface area (Å²) in [7, 11) is 1.66. The number of fused-ring (bicyclic) bond motifs is 2. The summed E-state index contributed by atoms with van der Waals surface area (Å²) in [5.41, 5.74) is 1.59. The van der Waals surface area contributed by atoms with E-state index in [0.717, 1.165) is 71.1 Å². The van der Waals surface area contributed by atoms with Crippen molar-refractivity contribution in [1.82, 2.24) is 43.7 Å². The Morgan fingerprint density at radius 1 is 1.03 bits per heavy atom. The van der Waals surface area contributed by atoms with Crippen LogP contribution >= 0.6 is 0 Å². The van der Waals surface area contributed by atoms with E-state index in [1.165, 1.54) is 26.0 Å². The largest absolute Gasteiger partial charge is 0.380 e. The highest BCUT2D eigenvalue weighted by Gasteiger charge is 2.32. The average molecular weight is 868 g/mol. The highest BCUT2D eigenvalue weighted by molar-refractivity contribution is 6.08. The lowest BCUT2D eigenvalue weighted by atomic mass is 9.85. The molecule has 1 saturated carbocycles. The Balaban J connectivity index is 0.749. The first-order chi connectivity index (χ1) is 30.6. The fourth-order valence-corrected chi connectivity index (χ4v) is 9.49. The molecule has 63 heavy (non-hydrogen) atoms. The van der Waals surface area contributed by atoms with E-state index in [2.05, 4.69) is 42.5 Å². The lowest BCUT2D eigenvalue weighted by Crippen LogP contribution is -2.44. The van der Waals surface area contributed by atoms with Crippen LogP contribution in [0.1, 0.15) is 97.9 Å². The Labute approximate surface area is 361 Å². The number of halogens is 2. The third-order valence-electron chi connectivity index (χ3n) is 12.8. The topological polar surface area (TPSA) is 175 Å². The highest BCUT2D eigenvalue weighted by atomic mass is 19.3. The molecule has 0 bridgehead atoms. The Morgan fingerprint density at radius 3 is 2.65 bits per heavy atom. The van der Waals surface area contributed by atoms with Crippen molar-refractivity contribution in [3.63, 3.8) is 0 Å². The number of benzene rings is 1. The number of hydrogen-bond donors (Lipinski definition) is 2. The monoisotopic (exact) mass is 867 g/mol. The normalized spacial score (nSPS) is 21.7. The van der Waals surface area contributed by atoms with Gasteiger partial charge in [0, 0.05) is 65.2 Å². The number of rotatable bonds is 10. The summed E-state index contributed by atoms with van der Waals surface area (Å²) >= 11 is 0. The zero-order valence-electron chi connectivity index (χ0n) is 35.2. The Morgan fingerprint density at radius 2 is 1.86 bits per heavy atom. The molecule has 3 aliphatic heterocycles. The molecule has 7 heterocycles. The van der Waals surface area contributed by atoms with Crippen molar-refractivity contribution in [2.75, 3.05) is 62.8 Å². The van der Waals surface area contributed by atoms with Crippen molar-refractivity contribution >= 4 is 45.9 Å². The van der Waals surface area contributed by atoms with Crippen LogP contribution in [0.15, 0.2) is 47.7 Å². The van der Waals surface area contributed by atoms with Gasteiger partial charge in [-0.3, -0.25) is 33.5 Å². The predicted octanol–water partition coefficient (Wildman–Crippen LogP) is 4.24. The number of aromatic nitrogens is 7. The molecule has 332 valence electrons. The summed E-state index contributed by atoms with van der Waals surface area (Å²) in [5.74, 6) is 6.07. The smallest absolute Gasteiger partial charge is 0.329 e. The molecule has 2 N–H and O–H groups in total. The van der Waals surface area contributed by atoms with Gasteiger partial charge in [-0.1, -0.05) is 17.9 Å². The molecule has 4 fully saturated rings. The molecule has 1 unspecified atom stereocenters. The molecule has 1 atom stereocenters. The molecule has 5 aromatic rings. The summed E-state index contributed by atoms with van der Waals surface area (Å²) in [6, 6.07) is 6.46. The maximum absolute atomic E-state index is 14.3. The van der Waals surface area contributed by atoms with Gasteiger partial charge in [-0.15, -0.1) is 0 Å². The van der Waals surface area contributed by atoms with E-state index in [0.29, 0.717) is 53.7 Å². The number of amides is 3. The first-order valence-electron chi connectivity index (χ1n) is 21.8. The number of nitrogens with zero attached hydrogens (tertiary/aromatic N) is 9. The van der Waals surface area contributed by atoms with Crippen LogP contribution in [0.2, 0.25) is 0 Å². The van der Waals surface area contributed by atoms with E-state index in [1.807, 2.05) is 18.2 Å². The number of anilines is 2. The second-order valence-corrected chi connectivity index (χ2v) is 16.9. The summed E-state index contributed by atoms with van der Waals surface area (Å²) < 4.78 is 46.3. The van der Waals surface area contributed by atoms with Crippen molar-refractivity contribution < 1.29 is 32.6 Å². The number of carbonyl (C=O) groups excluding carboxylic acids is 3. The summed E-state index contributed by atoms with van der Waals surface area (Å²) in [6.45, 7) is 5.72. The summed E-state index contributed by atoms with van der Waals surface area (Å²) in [5, 5.41) is 13.6. The van der Waals surface area contributed by atoms with Crippen molar-refractivity contribution in [1.29, 1.82) is 0 Å². The van der Waals surface area contributed by atoms with Gasteiger partial charge in [-0.05, 0) is 75.5 Å². The second-order valence-electron chi connectivity index (χ2n) is 16.9. The third-order valence-corrected chi connectivity index (χ3v) is 12.8. The molecule has 19 heteroatoms. The molecule has 3 saturated heterocycles. The van der Waals surface area contributed by atoms with Gasteiger partial charge in [-0.2, -0.15) is 10.2 Å². The van der Waals surface area contributed by atoms with Crippen LogP contribution in [0.3, 0.4) is 0 Å². The van der Waals surface area contributed by atoms with Gasteiger partial charge in [0.25, 0.3) is 12.3 Å². The lowest BCUT2D eigenvalue weighted by Gasteiger charge is -2.36. The third kappa shape index (κ3) is 8.97. The molecule has 1 aliphatic carbocycles. The Bertz CT molecular complexity index is 2620. The minimum atomic E-state index is -2.87. The minimum Gasteiger partial charge on any atom is -0.380 e. The fourth-order valence-electron chi connectivity index (χ4n) is 9.49. The van der Waals surface area contributed by atoms with Crippen LogP contribution < -0.4 is 21.2 Å². The van der Waals surface area contributed by atoms with Crippen LogP contribution in [0.25, 0.3) is 16.7 Å². The predicted molar refractivity (Wildman–Crippen MR) is 228 cm³/mol. The number of alkyl halides is 2. The number of para-hydroxylation sites is 1. The highest BCUT2D eigenvalue weighted by Crippen LogP contribution is 2.36. The van der Waals surface area contributed by atoms with E-state index in [-0.39, 0.29) is 54.4 Å². The van der Waals surface area contributed by atoms with Gasteiger partial charge in [0.15, 0.2) is 11.3 Å². The maximum Gasteiger partial charge on any atom is 0.329 e.